The molecule has 0 aliphatic rings. The molecule has 0 aliphatic carbocycles. The van der Waals surface area contributed by atoms with Crippen LogP contribution in [0.3, 0.4) is 0 Å². The third-order valence-corrected chi connectivity index (χ3v) is 10.5. The van der Waals surface area contributed by atoms with Crippen LogP contribution in [0.4, 0.5) is 0 Å². The highest BCUT2D eigenvalue weighted by Crippen LogP contribution is 2.50. The van der Waals surface area contributed by atoms with E-state index in [2.05, 4.69) is 158 Å². The third-order valence-electron chi connectivity index (χ3n) is 10.5. The summed E-state index contributed by atoms with van der Waals surface area (Å²) >= 11 is 0. The monoisotopic (exact) mass is 636 g/mol. The number of rotatable bonds is 3. The molecule has 0 unspecified atom stereocenters. The summed E-state index contributed by atoms with van der Waals surface area (Å²) in [6.45, 7) is 0. The average Bonchev–Trinajstić information content (AvgIpc) is 3.75. The van der Waals surface area contributed by atoms with E-state index in [0.717, 1.165) is 55.0 Å². The Hall–Kier alpha value is -6.64. The van der Waals surface area contributed by atoms with E-state index in [1.54, 1.807) is 0 Å². The second kappa shape index (κ2) is 10.4. The summed E-state index contributed by atoms with van der Waals surface area (Å²) in [5.41, 5.74) is 10.6. The van der Waals surface area contributed by atoms with Gasteiger partial charge in [-0.25, -0.2) is 0 Å². The fraction of sp³-hybridized carbons (Fsp3) is 0. The van der Waals surface area contributed by atoms with Crippen molar-refractivity contribution >= 4 is 76.2 Å². The second-order valence-electron chi connectivity index (χ2n) is 13.1. The SMILES string of the molecule is c1ccc(-c2ccc(-c3c4ccccc4c(-c4cc5oc6ccccc6c5c5c4oc4ccccc45)c4ccccc34)c3ccccc23)cc1. The summed E-state index contributed by atoms with van der Waals surface area (Å²) in [7, 11) is 0. The molecule has 0 fully saturated rings. The number of hydrogen-bond donors (Lipinski definition) is 0. The Morgan fingerprint density at radius 1 is 0.280 bits per heavy atom. The minimum Gasteiger partial charge on any atom is -0.456 e. The molecule has 2 heterocycles. The molecule has 2 aromatic heterocycles. The maximum absolute atomic E-state index is 6.85. The van der Waals surface area contributed by atoms with E-state index in [0.29, 0.717) is 0 Å². The minimum absolute atomic E-state index is 0.861. The molecule has 0 atom stereocenters. The van der Waals surface area contributed by atoms with Crippen molar-refractivity contribution in [2.45, 2.75) is 0 Å². The Bertz CT molecular complexity index is 3080. The molecule has 2 nitrogen and oxygen atoms in total. The van der Waals surface area contributed by atoms with Gasteiger partial charge in [-0.3, -0.25) is 0 Å². The lowest BCUT2D eigenvalue weighted by molar-refractivity contribution is 0.664. The summed E-state index contributed by atoms with van der Waals surface area (Å²) < 4.78 is 13.5. The summed E-state index contributed by atoms with van der Waals surface area (Å²) in [6, 6.07) is 60.7. The van der Waals surface area contributed by atoms with Gasteiger partial charge >= 0.3 is 0 Å². The Morgan fingerprint density at radius 2 is 0.720 bits per heavy atom. The zero-order valence-electron chi connectivity index (χ0n) is 27.0. The van der Waals surface area contributed by atoms with E-state index in [1.165, 1.54) is 54.6 Å². The zero-order chi connectivity index (χ0) is 32.8. The lowest BCUT2D eigenvalue weighted by Gasteiger charge is -2.20. The van der Waals surface area contributed by atoms with E-state index in [1.807, 2.05) is 12.1 Å². The number of fused-ring (bicyclic) bond motifs is 10. The number of para-hydroxylation sites is 2. The molecular formula is C48H28O2. The largest absolute Gasteiger partial charge is 0.456 e. The summed E-state index contributed by atoms with van der Waals surface area (Å²) in [6.07, 6.45) is 0. The van der Waals surface area contributed by atoms with Crippen LogP contribution >= 0.6 is 0 Å². The van der Waals surface area contributed by atoms with Gasteiger partial charge in [-0.1, -0.05) is 152 Å². The Labute approximate surface area is 287 Å². The average molecular weight is 637 g/mol. The van der Waals surface area contributed by atoms with Crippen LogP contribution in [0.1, 0.15) is 0 Å². The van der Waals surface area contributed by atoms with Gasteiger partial charge < -0.3 is 8.83 Å². The molecular weight excluding hydrogens is 609 g/mol. The second-order valence-corrected chi connectivity index (χ2v) is 13.1. The van der Waals surface area contributed by atoms with Gasteiger partial charge in [0.15, 0.2) is 0 Å². The van der Waals surface area contributed by atoms with E-state index in [-0.39, 0.29) is 0 Å². The topological polar surface area (TPSA) is 26.3 Å². The lowest BCUT2D eigenvalue weighted by Crippen LogP contribution is -1.93. The molecule has 9 aromatic carbocycles. The smallest absolute Gasteiger partial charge is 0.144 e. The van der Waals surface area contributed by atoms with Gasteiger partial charge in [0.05, 0.1) is 0 Å². The molecule has 0 saturated heterocycles. The fourth-order valence-electron chi connectivity index (χ4n) is 8.38. The van der Waals surface area contributed by atoms with Crippen molar-refractivity contribution in [2.75, 3.05) is 0 Å². The van der Waals surface area contributed by atoms with Gasteiger partial charge in [0, 0.05) is 32.7 Å². The van der Waals surface area contributed by atoms with Crippen LogP contribution in [0.25, 0.3) is 110 Å². The van der Waals surface area contributed by atoms with Gasteiger partial charge in [0.1, 0.15) is 22.3 Å². The van der Waals surface area contributed by atoms with Crippen LogP contribution in [0, 0.1) is 0 Å². The zero-order valence-corrected chi connectivity index (χ0v) is 27.0. The van der Waals surface area contributed by atoms with E-state index in [4.69, 9.17) is 8.83 Å². The number of benzene rings is 9. The van der Waals surface area contributed by atoms with Crippen LogP contribution in [-0.4, -0.2) is 0 Å². The van der Waals surface area contributed by atoms with E-state index < -0.39 is 0 Å². The van der Waals surface area contributed by atoms with E-state index in [9.17, 15) is 0 Å². The van der Waals surface area contributed by atoms with Gasteiger partial charge in [-0.2, -0.15) is 0 Å². The molecule has 0 N–H and O–H groups in total. The maximum Gasteiger partial charge on any atom is 0.144 e. The molecule has 0 saturated carbocycles. The molecule has 0 amide bonds. The van der Waals surface area contributed by atoms with Crippen LogP contribution in [-0.2, 0) is 0 Å². The van der Waals surface area contributed by atoms with Crippen LogP contribution in [0.5, 0.6) is 0 Å². The van der Waals surface area contributed by atoms with Crippen molar-refractivity contribution in [3.63, 3.8) is 0 Å². The first-order valence-corrected chi connectivity index (χ1v) is 17.1. The van der Waals surface area contributed by atoms with E-state index >= 15 is 0 Å². The van der Waals surface area contributed by atoms with Crippen molar-refractivity contribution in [1.82, 2.24) is 0 Å². The molecule has 0 spiro atoms. The fourth-order valence-corrected chi connectivity index (χ4v) is 8.38. The first-order chi connectivity index (χ1) is 24.8. The molecule has 11 aromatic rings. The Balaban J connectivity index is 1.29. The third kappa shape index (κ3) is 3.79. The first kappa shape index (κ1) is 27.3. The summed E-state index contributed by atoms with van der Waals surface area (Å²) in [4.78, 5) is 0. The number of furan rings is 2. The Kier molecular flexibility index (Phi) is 5.70. The molecule has 232 valence electrons. The van der Waals surface area contributed by atoms with Gasteiger partial charge in [0.25, 0.3) is 0 Å². The van der Waals surface area contributed by atoms with Gasteiger partial charge in [0.2, 0.25) is 0 Å². The van der Waals surface area contributed by atoms with Crippen molar-refractivity contribution < 1.29 is 8.83 Å². The van der Waals surface area contributed by atoms with Crippen molar-refractivity contribution in [2.24, 2.45) is 0 Å². The highest BCUT2D eigenvalue weighted by atomic mass is 16.3. The van der Waals surface area contributed by atoms with Crippen LogP contribution in [0.2, 0.25) is 0 Å². The molecule has 50 heavy (non-hydrogen) atoms. The Morgan fingerprint density at radius 3 is 1.34 bits per heavy atom. The highest BCUT2D eigenvalue weighted by Gasteiger charge is 2.24. The minimum atomic E-state index is 0.861. The summed E-state index contributed by atoms with van der Waals surface area (Å²) in [5.74, 6) is 0. The highest BCUT2D eigenvalue weighted by molar-refractivity contribution is 6.32. The normalized spacial score (nSPS) is 12.0. The molecule has 11 rings (SSSR count). The molecule has 2 heteroatoms. The molecule has 0 radical (unpaired) electrons. The van der Waals surface area contributed by atoms with Crippen molar-refractivity contribution in [3.8, 4) is 33.4 Å². The standard InChI is InChI=1S/C48H28O2/c1-2-14-29(15-3-1)30-26-27-37(32-17-5-4-16-31(30)32)44-33-18-6-8-20-35(33)45(36-21-9-7-19-34(36)44)40-28-43-46(38-22-10-12-24-41(38)49-43)47-39-23-11-13-25-42(39)50-48(40)47/h1-28H. The van der Waals surface area contributed by atoms with Gasteiger partial charge in [-0.15, -0.1) is 0 Å². The first-order valence-electron chi connectivity index (χ1n) is 17.1. The quantitative estimate of drug-likeness (QED) is 0.180. The number of hydrogen-bond acceptors (Lipinski definition) is 2. The molecule has 0 bridgehead atoms. The van der Waals surface area contributed by atoms with Crippen LogP contribution in [0.15, 0.2) is 179 Å². The van der Waals surface area contributed by atoms with Crippen molar-refractivity contribution in [1.29, 1.82) is 0 Å². The van der Waals surface area contributed by atoms with Crippen molar-refractivity contribution in [3.05, 3.63) is 170 Å². The maximum atomic E-state index is 6.85. The lowest BCUT2D eigenvalue weighted by atomic mass is 9.83. The molecule has 0 aliphatic heterocycles. The predicted molar refractivity (Wildman–Crippen MR) is 210 cm³/mol. The van der Waals surface area contributed by atoms with Crippen LogP contribution < -0.4 is 0 Å². The predicted octanol–water partition coefficient (Wildman–Crippen LogP) is 13.9. The summed E-state index contributed by atoms with van der Waals surface area (Å²) in [5, 5.41) is 11.6. The van der Waals surface area contributed by atoms with Gasteiger partial charge in [-0.05, 0) is 72.8 Å².